The molecule has 0 bridgehead atoms. The maximum absolute atomic E-state index is 2.49. The van der Waals surface area contributed by atoms with E-state index >= 15 is 0 Å². The summed E-state index contributed by atoms with van der Waals surface area (Å²) < 4.78 is 0. The topological polar surface area (TPSA) is 0 Å². The fourth-order valence-corrected chi connectivity index (χ4v) is 11.0. The highest BCUT2D eigenvalue weighted by molar-refractivity contribution is 7.23. The van der Waals surface area contributed by atoms with Gasteiger partial charge < -0.3 is 0 Å². The predicted octanol–water partition coefficient (Wildman–Crippen LogP) is 1.82. The Morgan fingerprint density at radius 2 is 1.50 bits per heavy atom. The molecule has 0 spiro atoms. The fraction of sp³-hybridized carbons (Fsp3) is 1.00. The lowest BCUT2D eigenvalue weighted by atomic mass is 10.6. The minimum absolute atomic E-state index is 0.323. The van der Waals surface area contributed by atoms with E-state index in [0.717, 1.165) is 5.54 Å². The minimum atomic E-state index is -0.581. The summed E-state index contributed by atoms with van der Waals surface area (Å²) in [4.78, 5) is 0. The third kappa shape index (κ3) is 6.43. The Morgan fingerprint density at radius 3 is 1.50 bits per heavy atom. The zero-order valence-electron chi connectivity index (χ0n) is 6.78. The molecule has 0 aromatic rings. The van der Waals surface area contributed by atoms with Gasteiger partial charge in [0.2, 0.25) is 0 Å². The summed E-state index contributed by atoms with van der Waals surface area (Å²) in [6.07, 6.45) is 0. The van der Waals surface area contributed by atoms with Crippen molar-refractivity contribution in [3.8, 4) is 0 Å². The first-order chi connectivity index (χ1) is 3.42. The van der Waals surface area contributed by atoms with Gasteiger partial charge in [0, 0.05) is 16.6 Å². The fourth-order valence-electron chi connectivity index (χ4n) is 1.22. The molecule has 0 rings (SSSR count). The summed E-state index contributed by atoms with van der Waals surface area (Å²) in [5.41, 5.74) is 1.04. The van der Waals surface area contributed by atoms with E-state index < -0.39 is 7.59 Å². The van der Waals surface area contributed by atoms with Crippen LogP contribution in [0.2, 0.25) is 25.2 Å². The quantitative estimate of drug-likeness (QED) is 0.521. The van der Waals surface area contributed by atoms with E-state index in [1.54, 1.807) is 0 Å². The number of hydrogen-bond donors (Lipinski definition) is 0. The Labute approximate surface area is 56.3 Å². The molecule has 50 valence electrons. The van der Waals surface area contributed by atoms with E-state index in [4.69, 9.17) is 0 Å². The maximum Gasteiger partial charge on any atom is 0.0313 e. The van der Waals surface area contributed by atoms with Gasteiger partial charge in [-0.25, -0.2) is 0 Å². The maximum atomic E-state index is 2.49. The molecule has 0 saturated heterocycles. The molecule has 0 aliphatic heterocycles. The monoisotopic (exact) mass is 146 g/mol. The lowest BCUT2D eigenvalue weighted by Crippen LogP contribution is -2.31. The van der Waals surface area contributed by atoms with E-state index in [1.165, 1.54) is 0 Å². The van der Waals surface area contributed by atoms with Gasteiger partial charge in [-0.3, -0.25) is 0 Å². The lowest BCUT2D eigenvalue weighted by Gasteiger charge is -2.16. The molecule has 0 N–H and O–H groups in total. The Bertz CT molecular complexity index is 61.4. The van der Waals surface area contributed by atoms with Crippen LogP contribution in [-0.2, 0) is 0 Å². The van der Waals surface area contributed by atoms with E-state index in [1.807, 2.05) is 0 Å². The van der Waals surface area contributed by atoms with Gasteiger partial charge in [-0.15, -0.1) is 0 Å². The normalized spacial score (nSPS) is 14.2. The average Bonchev–Trinajstić information content (AvgIpc) is 1.21. The first-order valence-electron chi connectivity index (χ1n) is 3.42. The second-order valence-corrected chi connectivity index (χ2v) is 18.9. The van der Waals surface area contributed by atoms with E-state index in [9.17, 15) is 0 Å². The van der Waals surface area contributed by atoms with Crippen molar-refractivity contribution >= 4 is 16.6 Å². The van der Waals surface area contributed by atoms with Gasteiger partial charge in [-0.2, -0.15) is 0 Å². The van der Waals surface area contributed by atoms with Crippen LogP contribution < -0.4 is 0 Å². The van der Waals surface area contributed by atoms with Crippen LogP contribution in [-0.4, -0.2) is 16.6 Å². The van der Waals surface area contributed by atoms with Crippen LogP contribution in [0, 0.1) is 0 Å². The van der Waals surface area contributed by atoms with Gasteiger partial charge in [0.15, 0.2) is 0 Å². The smallest absolute Gasteiger partial charge is 0.0313 e. The van der Waals surface area contributed by atoms with Crippen LogP contribution in [0.25, 0.3) is 0 Å². The average molecular weight is 146 g/mol. The molecule has 0 nitrogen and oxygen atoms in total. The van der Waals surface area contributed by atoms with Crippen molar-refractivity contribution in [1.29, 1.82) is 0 Å². The van der Waals surface area contributed by atoms with Crippen LogP contribution >= 0.6 is 0 Å². The molecule has 8 heavy (non-hydrogen) atoms. The second kappa shape index (κ2) is 2.83. The summed E-state index contributed by atoms with van der Waals surface area (Å²) in [5.74, 6) is 0. The van der Waals surface area contributed by atoms with Crippen LogP contribution in [0.4, 0.5) is 0 Å². The van der Waals surface area contributed by atoms with Gasteiger partial charge in [0.1, 0.15) is 0 Å². The highest BCUT2D eigenvalue weighted by Crippen LogP contribution is 2.07. The lowest BCUT2D eigenvalue weighted by molar-refractivity contribution is 1.07. The molecular formula is C6H18Si2. The van der Waals surface area contributed by atoms with Crippen LogP contribution in [0.15, 0.2) is 0 Å². The van der Waals surface area contributed by atoms with Crippen LogP contribution in [0.3, 0.4) is 0 Å². The molecule has 0 fully saturated rings. The Morgan fingerprint density at radius 1 is 1.12 bits per heavy atom. The van der Waals surface area contributed by atoms with Crippen LogP contribution in [0.5, 0.6) is 0 Å². The van der Waals surface area contributed by atoms with Gasteiger partial charge in [-0.1, -0.05) is 39.0 Å². The first-order valence-corrected chi connectivity index (χ1v) is 10.1. The highest BCUT2D eigenvalue weighted by atomic mass is 29.2. The van der Waals surface area contributed by atoms with Crippen molar-refractivity contribution in [2.75, 3.05) is 0 Å². The zero-order valence-corrected chi connectivity index (χ0v) is 9.20. The largest absolute Gasteiger partial charge is 0.0720 e. The van der Waals surface area contributed by atoms with E-state index in [2.05, 4.69) is 33.5 Å². The standard InChI is InChI=1S/C6H18Si2/c1-6(2)7-8(3,4)5/h6H,7H2,1-5H3. The van der Waals surface area contributed by atoms with E-state index in [0.29, 0.717) is 9.04 Å². The molecule has 0 unspecified atom stereocenters. The molecule has 0 heterocycles. The Hall–Kier alpha value is 0.434. The van der Waals surface area contributed by atoms with E-state index in [-0.39, 0.29) is 0 Å². The van der Waals surface area contributed by atoms with Gasteiger partial charge in [0.05, 0.1) is 0 Å². The molecule has 0 aliphatic carbocycles. The molecule has 0 saturated carbocycles. The van der Waals surface area contributed by atoms with Crippen molar-refractivity contribution in [2.45, 2.75) is 39.0 Å². The molecule has 0 aromatic heterocycles. The second-order valence-electron chi connectivity index (χ2n) is 4.16. The predicted molar refractivity (Wildman–Crippen MR) is 47.0 cm³/mol. The molecule has 0 radical (unpaired) electrons. The van der Waals surface area contributed by atoms with Crippen LogP contribution in [0.1, 0.15) is 13.8 Å². The zero-order chi connectivity index (χ0) is 6.78. The summed E-state index contributed by atoms with van der Waals surface area (Å²) >= 11 is 0. The molecular weight excluding hydrogens is 128 g/mol. The first kappa shape index (κ1) is 8.43. The molecule has 0 amide bonds. The molecule has 2 heteroatoms. The van der Waals surface area contributed by atoms with Crippen molar-refractivity contribution in [3.05, 3.63) is 0 Å². The third-order valence-corrected chi connectivity index (χ3v) is 9.19. The van der Waals surface area contributed by atoms with Crippen molar-refractivity contribution < 1.29 is 0 Å². The Kier molecular flexibility index (Phi) is 2.98. The molecule has 0 atom stereocenters. The Balaban J connectivity index is 3.39. The number of hydrogen-bond acceptors (Lipinski definition) is 0. The summed E-state index contributed by atoms with van der Waals surface area (Å²) in [6, 6.07) is 0. The molecule has 0 aromatic carbocycles. The van der Waals surface area contributed by atoms with Crippen molar-refractivity contribution in [1.82, 2.24) is 0 Å². The summed E-state index contributed by atoms with van der Waals surface area (Å²) in [6.45, 7) is 12.2. The van der Waals surface area contributed by atoms with Crippen molar-refractivity contribution in [3.63, 3.8) is 0 Å². The third-order valence-electron chi connectivity index (χ3n) is 1.02. The van der Waals surface area contributed by atoms with Gasteiger partial charge in [0.25, 0.3) is 0 Å². The highest BCUT2D eigenvalue weighted by Gasteiger charge is 2.14. The summed E-state index contributed by atoms with van der Waals surface area (Å²) in [5, 5.41) is 0. The van der Waals surface area contributed by atoms with Gasteiger partial charge in [-0.05, 0) is 0 Å². The minimum Gasteiger partial charge on any atom is -0.0720 e. The summed E-state index contributed by atoms with van der Waals surface area (Å²) in [7, 11) is -0.258. The number of rotatable bonds is 2. The molecule has 0 aliphatic rings. The SMILES string of the molecule is CC(C)[SiH2][Si](C)(C)C. The van der Waals surface area contributed by atoms with Crippen molar-refractivity contribution in [2.24, 2.45) is 0 Å². The van der Waals surface area contributed by atoms with Gasteiger partial charge >= 0.3 is 0 Å².